The number of carbonyl (C=O) groups excluding carboxylic acids is 1. The lowest BCUT2D eigenvalue weighted by molar-refractivity contribution is 0.129. The van der Waals surface area contributed by atoms with Crippen LogP contribution in [0.2, 0.25) is 0 Å². The standard InChI is InChI=1S/C14H22N4OS/c1-12-3-2-5-18(11-12)14(19)17-8-6-16(7-9-17)13-15-4-10-20-13/h4,10,12H,2-3,5-9,11H2,1H3. The molecule has 1 unspecified atom stereocenters. The van der Waals surface area contributed by atoms with Crippen LogP contribution in [0.15, 0.2) is 11.6 Å². The predicted molar refractivity (Wildman–Crippen MR) is 81.3 cm³/mol. The third-order valence-corrected chi connectivity index (χ3v) is 5.00. The molecule has 1 aromatic heterocycles. The van der Waals surface area contributed by atoms with Crippen LogP contribution in [0.25, 0.3) is 0 Å². The Kier molecular flexibility index (Phi) is 4.10. The number of rotatable bonds is 1. The van der Waals surface area contributed by atoms with Crippen LogP contribution in [-0.2, 0) is 0 Å². The van der Waals surface area contributed by atoms with Gasteiger partial charge in [0.2, 0.25) is 0 Å². The van der Waals surface area contributed by atoms with Crippen molar-refractivity contribution in [3.05, 3.63) is 11.6 Å². The van der Waals surface area contributed by atoms with Gasteiger partial charge in [0.1, 0.15) is 0 Å². The fraction of sp³-hybridized carbons (Fsp3) is 0.714. The van der Waals surface area contributed by atoms with E-state index in [1.165, 1.54) is 6.42 Å². The second kappa shape index (κ2) is 5.99. The second-order valence-electron chi connectivity index (χ2n) is 5.76. The van der Waals surface area contributed by atoms with Gasteiger partial charge in [-0.05, 0) is 18.8 Å². The molecule has 6 heteroatoms. The van der Waals surface area contributed by atoms with E-state index >= 15 is 0 Å². The average Bonchev–Trinajstić information content (AvgIpc) is 3.01. The highest BCUT2D eigenvalue weighted by atomic mass is 32.1. The first-order valence-electron chi connectivity index (χ1n) is 7.42. The summed E-state index contributed by atoms with van der Waals surface area (Å²) in [6.07, 6.45) is 4.24. The summed E-state index contributed by atoms with van der Waals surface area (Å²) >= 11 is 1.67. The van der Waals surface area contributed by atoms with Gasteiger partial charge in [0.15, 0.2) is 5.13 Å². The van der Waals surface area contributed by atoms with E-state index in [4.69, 9.17) is 0 Å². The Morgan fingerprint density at radius 3 is 2.70 bits per heavy atom. The molecular weight excluding hydrogens is 272 g/mol. The summed E-state index contributed by atoms with van der Waals surface area (Å²) in [5.41, 5.74) is 0. The van der Waals surface area contributed by atoms with Crippen molar-refractivity contribution in [2.45, 2.75) is 19.8 Å². The Morgan fingerprint density at radius 1 is 1.25 bits per heavy atom. The first-order valence-corrected chi connectivity index (χ1v) is 8.30. The Labute approximate surface area is 124 Å². The molecule has 0 aliphatic carbocycles. The summed E-state index contributed by atoms with van der Waals surface area (Å²) in [7, 11) is 0. The smallest absolute Gasteiger partial charge is 0.320 e. The molecule has 2 amide bonds. The fourth-order valence-electron chi connectivity index (χ4n) is 3.02. The SMILES string of the molecule is CC1CCCN(C(=O)N2CCN(c3nccs3)CC2)C1. The van der Waals surface area contributed by atoms with Gasteiger partial charge in [-0.1, -0.05) is 6.92 Å². The molecule has 2 aliphatic rings. The van der Waals surface area contributed by atoms with Crippen molar-refractivity contribution >= 4 is 22.5 Å². The van der Waals surface area contributed by atoms with Crippen LogP contribution in [0.1, 0.15) is 19.8 Å². The number of piperidine rings is 1. The lowest BCUT2D eigenvalue weighted by Crippen LogP contribution is -2.54. The maximum Gasteiger partial charge on any atom is 0.320 e. The number of thiazole rings is 1. The average molecular weight is 294 g/mol. The molecule has 0 radical (unpaired) electrons. The van der Waals surface area contributed by atoms with Crippen LogP contribution in [0.3, 0.4) is 0 Å². The molecule has 1 aromatic rings. The zero-order chi connectivity index (χ0) is 13.9. The second-order valence-corrected chi connectivity index (χ2v) is 6.64. The van der Waals surface area contributed by atoms with Crippen molar-refractivity contribution in [2.24, 2.45) is 5.92 Å². The summed E-state index contributed by atoms with van der Waals surface area (Å²) in [5, 5.41) is 3.07. The number of aromatic nitrogens is 1. The number of likely N-dealkylation sites (tertiary alicyclic amines) is 1. The third kappa shape index (κ3) is 2.90. The van der Waals surface area contributed by atoms with Crippen LogP contribution >= 0.6 is 11.3 Å². The molecule has 2 fully saturated rings. The highest BCUT2D eigenvalue weighted by Crippen LogP contribution is 2.21. The minimum atomic E-state index is 0.232. The third-order valence-electron chi connectivity index (χ3n) is 4.17. The Bertz CT molecular complexity index is 442. The van der Waals surface area contributed by atoms with Crippen LogP contribution in [0, 0.1) is 5.92 Å². The number of carbonyl (C=O) groups is 1. The molecule has 5 nitrogen and oxygen atoms in total. The van der Waals surface area contributed by atoms with Gasteiger partial charge in [0.25, 0.3) is 0 Å². The van der Waals surface area contributed by atoms with E-state index in [-0.39, 0.29) is 6.03 Å². The van der Waals surface area contributed by atoms with Gasteiger partial charge in [-0.2, -0.15) is 0 Å². The van der Waals surface area contributed by atoms with Crippen LogP contribution in [0.4, 0.5) is 9.93 Å². The molecule has 2 aliphatic heterocycles. The lowest BCUT2D eigenvalue weighted by atomic mass is 10.0. The molecule has 1 atom stereocenters. The summed E-state index contributed by atoms with van der Waals surface area (Å²) in [5.74, 6) is 0.643. The van der Waals surface area contributed by atoms with Gasteiger partial charge in [-0.3, -0.25) is 0 Å². The zero-order valence-corrected chi connectivity index (χ0v) is 12.8. The van der Waals surface area contributed by atoms with Gasteiger partial charge in [-0.25, -0.2) is 9.78 Å². The first-order chi connectivity index (χ1) is 9.74. The highest BCUT2D eigenvalue weighted by Gasteiger charge is 2.28. The minimum absolute atomic E-state index is 0.232. The zero-order valence-electron chi connectivity index (χ0n) is 12.0. The molecule has 0 aromatic carbocycles. The quantitative estimate of drug-likeness (QED) is 0.796. The van der Waals surface area contributed by atoms with E-state index in [1.54, 1.807) is 11.3 Å². The maximum absolute atomic E-state index is 12.5. The highest BCUT2D eigenvalue weighted by molar-refractivity contribution is 7.13. The van der Waals surface area contributed by atoms with Crippen molar-refractivity contribution in [2.75, 3.05) is 44.2 Å². The molecule has 0 bridgehead atoms. The number of hydrogen-bond donors (Lipinski definition) is 0. The molecule has 110 valence electrons. The van der Waals surface area contributed by atoms with E-state index in [0.29, 0.717) is 5.92 Å². The molecule has 2 saturated heterocycles. The molecular formula is C14H22N4OS. The Balaban J connectivity index is 1.53. The van der Waals surface area contributed by atoms with E-state index in [1.807, 2.05) is 21.4 Å². The van der Waals surface area contributed by atoms with E-state index in [9.17, 15) is 4.79 Å². The van der Waals surface area contributed by atoms with Crippen molar-refractivity contribution in [3.8, 4) is 0 Å². The van der Waals surface area contributed by atoms with Crippen molar-refractivity contribution in [3.63, 3.8) is 0 Å². The van der Waals surface area contributed by atoms with E-state index in [0.717, 1.165) is 50.8 Å². The summed E-state index contributed by atoms with van der Waals surface area (Å²) < 4.78 is 0. The van der Waals surface area contributed by atoms with E-state index < -0.39 is 0 Å². The molecule has 3 heterocycles. The fourth-order valence-corrected chi connectivity index (χ4v) is 3.72. The number of piperazine rings is 1. The molecule has 3 rings (SSSR count). The van der Waals surface area contributed by atoms with Crippen LogP contribution in [-0.4, -0.2) is 60.1 Å². The first kappa shape index (κ1) is 13.7. The largest absolute Gasteiger partial charge is 0.345 e. The Hall–Kier alpha value is -1.30. The molecule has 0 spiro atoms. The summed E-state index contributed by atoms with van der Waals surface area (Å²) in [6, 6.07) is 0.232. The maximum atomic E-state index is 12.5. The monoisotopic (exact) mass is 294 g/mol. The van der Waals surface area contributed by atoms with Gasteiger partial charge < -0.3 is 14.7 Å². The van der Waals surface area contributed by atoms with E-state index in [2.05, 4.69) is 16.8 Å². The number of anilines is 1. The number of urea groups is 1. The number of amides is 2. The van der Waals surface area contributed by atoms with Crippen molar-refractivity contribution in [1.29, 1.82) is 0 Å². The minimum Gasteiger partial charge on any atom is -0.345 e. The normalized spacial score (nSPS) is 24.1. The summed E-state index contributed by atoms with van der Waals surface area (Å²) in [6.45, 7) is 7.49. The van der Waals surface area contributed by atoms with Crippen LogP contribution < -0.4 is 4.90 Å². The topological polar surface area (TPSA) is 39.7 Å². The lowest BCUT2D eigenvalue weighted by Gasteiger charge is -2.39. The Morgan fingerprint density at radius 2 is 2.05 bits per heavy atom. The van der Waals surface area contributed by atoms with Gasteiger partial charge in [0, 0.05) is 50.8 Å². The molecule has 0 N–H and O–H groups in total. The van der Waals surface area contributed by atoms with Gasteiger partial charge in [-0.15, -0.1) is 11.3 Å². The number of hydrogen-bond acceptors (Lipinski definition) is 4. The van der Waals surface area contributed by atoms with Gasteiger partial charge >= 0.3 is 6.03 Å². The van der Waals surface area contributed by atoms with Gasteiger partial charge in [0.05, 0.1) is 0 Å². The number of nitrogens with zero attached hydrogens (tertiary/aromatic N) is 4. The predicted octanol–water partition coefficient (Wildman–Crippen LogP) is 2.12. The summed E-state index contributed by atoms with van der Waals surface area (Å²) in [4.78, 5) is 23.2. The van der Waals surface area contributed by atoms with Crippen molar-refractivity contribution < 1.29 is 4.79 Å². The van der Waals surface area contributed by atoms with Crippen LogP contribution in [0.5, 0.6) is 0 Å². The molecule has 20 heavy (non-hydrogen) atoms. The van der Waals surface area contributed by atoms with Crippen molar-refractivity contribution in [1.82, 2.24) is 14.8 Å². The molecule has 0 saturated carbocycles.